The van der Waals surface area contributed by atoms with Crippen LogP contribution in [0.3, 0.4) is 0 Å². The van der Waals surface area contributed by atoms with Crippen LogP contribution in [0, 0.1) is 6.07 Å². The molecule has 0 aliphatic rings. The maximum Gasteiger partial charge on any atom is 0.0497 e. The molecule has 1 rings (SSSR count). The fourth-order valence-corrected chi connectivity index (χ4v) is 1.27. The molecule has 0 bridgehead atoms. The van der Waals surface area contributed by atoms with Gasteiger partial charge in [0.2, 0.25) is 0 Å². The van der Waals surface area contributed by atoms with Gasteiger partial charge >= 0.3 is 0 Å². The molecular weight excluding hydrogens is 267 g/mol. The molecular formula is C6H2Br2Cl. The maximum absolute atomic E-state index is 5.61. The van der Waals surface area contributed by atoms with Gasteiger partial charge in [-0.2, -0.15) is 0 Å². The zero-order valence-electron chi connectivity index (χ0n) is 4.29. The molecule has 0 N–H and O–H groups in total. The van der Waals surface area contributed by atoms with Crippen molar-refractivity contribution in [1.82, 2.24) is 0 Å². The molecule has 1 radical (unpaired) electrons. The number of hydrogen-bond acceptors (Lipinski definition) is 0. The third kappa shape index (κ3) is 1.95. The Balaban J connectivity index is 3.17. The minimum atomic E-state index is 0.616. The van der Waals surface area contributed by atoms with Gasteiger partial charge in [0.15, 0.2) is 0 Å². The van der Waals surface area contributed by atoms with Crippen molar-refractivity contribution in [2.45, 2.75) is 0 Å². The molecule has 1 aromatic carbocycles. The zero-order valence-corrected chi connectivity index (χ0v) is 8.22. The Bertz CT molecular complexity index is 222. The van der Waals surface area contributed by atoms with Crippen molar-refractivity contribution in [3.05, 3.63) is 32.2 Å². The second kappa shape index (κ2) is 3.04. The summed E-state index contributed by atoms with van der Waals surface area (Å²) in [4.78, 5) is 0. The summed E-state index contributed by atoms with van der Waals surface area (Å²) in [7, 11) is 0. The Morgan fingerprint density at radius 3 is 2.44 bits per heavy atom. The third-order valence-electron chi connectivity index (χ3n) is 0.815. The molecule has 0 spiro atoms. The molecule has 0 nitrogen and oxygen atoms in total. The summed E-state index contributed by atoms with van der Waals surface area (Å²) in [5.41, 5.74) is 0. The van der Waals surface area contributed by atoms with Crippen LogP contribution in [0.25, 0.3) is 0 Å². The normalized spacial score (nSPS) is 9.67. The molecule has 47 valence electrons. The highest BCUT2D eigenvalue weighted by atomic mass is 79.9. The van der Waals surface area contributed by atoms with E-state index in [9.17, 15) is 0 Å². The minimum absolute atomic E-state index is 0.616. The van der Waals surface area contributed by atoms with Crippen LogP contribution < -0.4 is 0 Å². The summed E-state index contributed by atoms with van der Waals surface area (Å²) < 4.78 is 1.82. The fraction of sp³-hybridized carbons (Fsp3) is 0. The number of rotatable bonds is 0. The maximum atomic E-state index is 5.61. The molecule has 1 aromatic rings. The van der Waals surface area contributed by atoms with E-state index in [4.69, 9.17) is 11.6 Å². The molecule has 9 heavy (non-hydrogen) atoms. The smallest absolute Gasteiger partial charge is 0.0497 e. The molecule has 0 aromatic heterocycles. The van der Waals surface area contributed by atoms with E-state index < -0.39 is 0 Å². The van der Waals surface area contributed by atoms with Crippen molar-refractivity contribution in [2.24, 2.45) is 0 Å². The summed E-state index contributed by atoms with van der Waals surface area (Å²) in [5.74, 6) is 0. The van der Waals surface area contributed by atoms with Crippen molar-refractivity contribution in [2.75, 3.05) is 0 Å². The van der Waals surface area contributed by atoms with Crippen LogP contribution in [-0.2, 0) is 0 Å². The Hall–Kier alpha value is 0.470. The van der Waals surface area contributed by atoms with E-state index in [1.807, 2.05) is 6.07 Å². The van der Waals surface area contributed by atoms with Crippen LogP contribution in [-0.4, -0.2) is 0 Å². The van der Waals surface area contributed by atoms with E-state index in [2.05, 4.69) is 37.9 Å². The van der Waals surface area contributed by atoms with Crippen LogP contribution >= 0.6 is 43.5 Å². The molecule has 0 aliphatic heterocycles. The van der Waals surface area contributed by atoms with Gasteiger partial charge in [0.05, 0.1) is 0 Å². The lowest BCUT2D eigenvalue weighted by atomic mass is 10.4. The Kier molecular flexibility index (Phi) is 2.56. The molecule has 0 saturated carbocycles. The van der Waals surface area contributed by atoms with Gasteiger partial charge in [0.1, 0.15) is 0 Å². The Morgan fingerprint density at radius 2 is 2.00 bits per heavy atom. The lowest BCUT2D eigenvalue weighted by Crippen LogP contribution is -1.68. The van der Waals surface area contributed by atoms with E-state index in [-0.39, 0.29) is 0 Å². The highest BCUT2D eigenvalue weighted by molar-refractivity contribution is 9.13. The molecule has 0 fully saturated rings. The van der Waals surface area contributed by atoms with Gasteiger partial charge in [0, 0.05) is 20.0 Å². The van der Waals surface area contributed by atoms with Gasteiger partial charge in [-0.3, -0.25) is 0 Å². The van der Waals surface area contributed by atoms with Gasteiger partial charge in [-0.15, -0.1) is 0 Å². The highest BCUT2D eigenvalue weighted by Crippen LogP contribution is 2.24. The first-order valence-electron chi connectivity index (χ1n) is 2.23. The molecule has 0 aliphatic carbocycles. The standard InChI is InChI=1S/C6H2Br2Cl/c7-5-2-1-4(9)3-6(5)8/h1-2H. The fourth-order valence-electron chi connectivity index (χ4n) is 0.426. The first-order valence-corrected chi connectivity index (χ1v) is 4.19. The number of hydrogen-bond donors (Lipinski definition) is 0. The van der Waals surface area contributed by atoms with Gasteiger partial charge in [-0.05, 0) is 44.0 Å². The van der Waals surface area contributed by atoms with Gasteiger partial charge in [0.25, 0.3) is 0 Å². The molecule has 0 unspecified atom stereocenters. The Morgan fingerprint density at radius 1 is 1.33 bits per heavy atom. The molecule has 0 saturated heterocycles. The number of benzene rings is 1. The zero-order chi connectivity index (χ0) is 6.85. The summed E-state index contributed by atoms with van der Waals surface area (Å²) in [6, 6.07) is 6.51. The van der Waals surface area contributed by atoms with Crippen molar-refractivity contribution in [1.29, 1.82) is 0 Å². The summed E-state index contributed by atoms with van der Waals surface area (Å²) in [5, 5.41) is 0.616. The van der Waals surface area contributed by atoms with Crippen LogP contribution in [0.1, 0.15) is 0 Å². The van der Waals surface area contributed by atoms with E-state index in [1.54, 1.807) is 6.07 Å². The van der Waals surface area contributed by atoms with Crippen LogP contribution in [0.4, 0.5) is 0 Å². The second-order valence-corrected chi connectivity index (χ2v) is 3.52. The van der Waals surface area contributed by atoms with Gasteiger partial charge in [-0.25, -0.2) is 0 Å². The summed E-state index contributed by atoms with van der Waals surface area (Å²) in [6.07, 6.45) is 0. The van der Waals surface area contributed by atoms with E-state index in [0.29, 0.717) is 5.02 Å². The molecule has 0 heterocycles. The van der Waals surface area contributed by atoms with Crippen LogP contribution in [0.5, 0.6) is 0 Å². The molecule has 0 amide bonds. The van der Waals surface area contributed by atoms with E-state index in [1.165, 1.54) is 0 Å². The van der Waals surface area contributed by atoms with Crippen LogP contribution in [0.15, 0.2) is 21.1 Å². The summed E-state index contributed by atoms with van der Waals surface area (Å²) >= 11 is 12.2. The first-order chi connectivity index (χ1) is 4.20. The highest BCUT2D eigenvalue weighted by Gasteiger charge is 1.94. The predicted octanol–water partition coefficient (Wildman–Crippen LogP) is 3.67. The average molecular weight is 269 g/mol. The third-order valence-corrected chi connectivity index (χ3v) is 2.85. The van der Waals surface area contributed by atoms with E-state index in [0.717, 1.165) is 8.95 Å². The van der Waals surface area contributed by atoms with Crippen LogP contribution in [0.2, 0.25) is 5.02 Å². The lowest BCUT2D eigenvalue weighted by Gasteiger charge is -1.92. The molecule has 0 atom stereocenters. The SMILES string of the molecule is Clc1[c]c(Br)c(Br)cc1. The minimum Gasteiger partial charge on any atom is -0.0836 e. The number of halogens is 3. The van der Waals surface area contributed by atoms with Crippen molar-refractivity contribution in [3.8, 4) is 0 Å². The summed E-state index contributed by atoms with van der Waals surface area (Å²) in [6.45, 7) is 0. The quantitative estimate of drug-likeness (QED) is 0.630. The van der Waals surface area contributed by atoms with Crippen molar-refractivity contribution < 1.29 is 0 Å². The van der Waals surface area contributed by atoms with E-state index >= 15 is 0 Å². The second-order valence-electron chi connectivity index (χ2n) is 1.47. The monoisotopic (exact) mass is 267 g/mol. The van der Waals surface area contributed by atoms with Gasteiger partial charge < -0.3 is 0 Å². The topological polar surface area (TPSA) is 0 Å². The molecule has 3 heteroatoms. The van der Waals surface area contributed by atoms with Crippen molar-refractivity contribution >= 4 is 43.5 Å². The van der Waals surface area contributed by atoms with Gasteiger partial charge in [-0.1, -0.05) is 11.6 Å². The lowest BCUT2D eigenvalue weighted by molar-refractivity contribution is 1.57. The van der Waals surface area contributed by atoms with Crippen molar-refractivity contribution in [3.63, 3.8) is 0 Å². The average Bonchev–Trinajstić information content (AvgIpc) is 1.80. The largest absolute Gasteiger partial charge is 0.0836 e. The predicted molar refractivity (Wildman–Crippen MR) is 45.7 cm³/mol. The first kappa shape index (κ1) is 7.58. The Labute approximate surface area is 75.5 Å².